The minimum absolute atomic E-state index is 0.117. The molecule has 1 aromatic carbocycles. The summed E-state index contributed by atoms with van der Waals surface area (Å²) >= 11 is 0. The van der Waals surface area contributed by atoms with Crippen LogP contribution in [-0.4, -0.2) is 35.0 Å². The molecule has 0 saturated heterocycles. The second-order valence-electron chi connectivity index (χ2n) is 5.27. The van der Waals surface area contributed by atoms with Crippen LogP contribution >= 0.6 is 0 Å². The largest absolute Gasteiger partial charge is 0.480 e. The van der Waals surface area contributed by atoms with Gasteiger partial charge < -0.3 is 15.7 Å². The highest BCUT2D eigenvalue weighted by Crippen LogP contribution is 2.10. The van der Waals surface area contributed by atoms with E-state index in [2.05, 4.69) is 10.6 Å². The monoisotopic (exact) mass is 306 g/mol. The van der Waals surface area contributed by atoms with Crippen molar-refractivity contribution in [2.45, 2.75) is 39.3 Å². The number of carboxylic acid groups (broad SMARTS) is 1. The van der Waals surface area contributed by atoms with E-state index in [0.29, 0.717) is 12.0 Å². The van der Waals surface area contributed by atoms with E-state index in [-0.39, 0.29) is 11.8 Å². The Morgan fingerprint density at radius 2 is 1.68 bits per heavy atom. The Balaban J connectivity index is 2.83. The van der Waals surface area contributed by atoms with Gasteiger partial charge >= 0.3 is 5.97 Å². The molecule has 1 rings (SSSR count). The zero-order chi connectivity index (χ0) is 16.7. The van der Waals surface area contributed by atoms with Crippen LogP contribution in [0.3, 0.4) is 0 Å². The van der Waals surface area contributed by atoms with E-state index >= 15 is 0 Å². The third-order valence-corrected chi connectivity index (χ3v) is 3.55. The van der Waals surface area contributed by atoms with Crippen LogP contribution in [0.1, 0.15) is 37.6 Å². The first-order valence-corrected chi connectivity index (χ1v) is 7.25. The second-order valence-corrected chi connectivity index (χ2v) is 5.27. The van der Waals surface area contributed by atoms with Gasteiger partial charge in [-0.3, -0.25) is 14.4 Å². The van der Waals surface area contributed by atoms with Crippen molar-refractivity contribution in [3.63, 3.8) is 0 Å². The number of nitrogens with one attached hydrogen (secondary N) is 2. The van der Waals surface area contributed by atoms with Gasteiger partial charge in [0.15, 0.2) is 0 Å². The first-order valence-electron chi connectivity index (χ1n) is 7.25. The van der Waals surface area contributed by atoms with Crippen LogP contribution in [0.2, 0.25) is 0 Å². The maximum Gasteiger partial charge on any atom is 0.325 e. The van der Waals surface area contributed by atoms with Gasteiger partial charge in [-0.1, -0.05) is 38.5 Å². The zero-order valence-corrected chi connectivity index (χ0v) is 13.0. The normalized spacial score (nSPS) is 14.5. The highest BCUT2D eigenvalue weighted by atomic mass is 16.4. The van der Waals surface area contributed by atoms with Crippen molar-refractivity contribution in [1.29, 1.82) is 0 Å². The van der Waals surface area contributed by atoms with Crippen molar-refractivity contribution in [1.82, 2.24) is 10.6 Å². The van der Waals surface area contributed by atoms with Gasteiger partial charge in [-0.15, -0.1) is 0 Å². The zero-order valence-electron chi connectivity index (χ0n) is 13.0. The van der Waals surface area contributed by atoms with Crippen LogP contribution < -0.4 is 10.6 Å². The molecule has 0 aliphatic carbocycles. The third-order valence-electron chi connectivity index (χ3n) is 3.55. The van der Waals surface area contributed by atoms with Crippen molar-refractivity contribution in [3.05, 3.63) is 35.9 Å². The van der Waals surface area contributed by atoms with Gasteiger partial charge in [0.25, 0.3) is 5.91 Å². The second kappa shape index (κ2) is 8.17. The molecular weight excluding hydrogens is 284 g/mol. The average Bonchev–Trinajstić information content (AvgIpc) is 2.52. The molecule has 0 radical (unpaired) electrons. The fourth-order valence-electron chi connectivity index (χ4n) is 1.88. The minimum atomic E-state index is -1.12. The molecule has 0 aromatic heterocycles. The molecule has 0 aliphatic heterocycles. The van der Waals surface area contributed by atoms with Gasteiger partial charge in [-0.2, -0.15) is 0 Å². The molecule has 2 amide bonds. The fourth-order valence-corrected chi connectivity index (χ4v) is 1.88. The van der Waals surface area contributed by atoms with Crippen LogP contribution in [0.5, 0.6) is 0 Å². The van der Waals surface area contributed by atoms with E-state index in [1.54, 1.807) is 30.3 Å². The summed E-state index contributed by atoms with van der Waals surface area (Å²) in [5.41, 5.74) is 0.454. The van der Waals surface area contributed by atoms with Crippen LogP contribution in [0, 0.1) is 5.92 Å². The average molecular weight is 306 g/mol. The SMILES string of the molecule is CCC(C)C(NC(=O)c1ccccc1)C(=O)NC(C)C(=O)O. The Morgan fingerprint density at radius 1 is 1.09 bits per heavy atom. The van der Waals surface area contributed by atoms with E-state index in [1.807, 2.05) is 13.8 Å². The summed E-state index contributed by atoms with van der Waals surface area (Å²) in [5, 5.41) is 13.9. The summed E-state index contributed by atoms with van der Waals surface area (Å²) in [6.07, 6.45) is 0.675. The number of aliphatic carboxylic acids is 1. The van der Waals surface area contributed by atoms with Crippen LogP contribution in [0.25, 0.3) is 0 Å². The van der Waals surface area contributed by atoms with Crippen LogP contribution in [0.15, 0.2) is 30.3 Å². The summed E-state index contributed by atoms with van der Waals surface area (Å²) in [5.74, 6) is -2.09. The highest BCUT2D eigenvalue weighted by Gasteiger charge is 2.28. The maximum atomic E-state index is 12.2. The lowest BCUT2D eigenvalue weighted by Crippen LogP contribution is -2.53. The van der Waals surface area contributed by atoms with Crippen LogP contribution in [0.4, 0.5) is 0 Å². The van der Waals surface area contributed by atoms with Gasteiger partial charge in [-0.25, -0.2) is 0 Å². The molecule has 0 heterocycles. The lowest BCUT2D eigenvalue weighted by Gasteiger charge is -2.24. The van der Waals surface area contributed by atoms with E-state index in [1.165, 1.54) is 6.92 Å². The fraction of sp³-hybridized carbons (Fsp3) is 0.438. The molecule has 0 bridgehead atoms. The summed E-state index contributed by atoms with van der Waals surface area (Å²) in [7, 11) is 0. The molecule has 0 saturated carbocycles. The minimum Gasteiger partial charge on any atom is -0.480 e. The molecule has 3 atom stereocenters. The molecular formula is C16H22N2O4. The molecule has 1 aromatic rings. The molecule has 6 heteroatoms. The highest BCUT2D eigenvalue weighted by molar-refractivity contribution is 5.98. The number of hydrogen-bond donors (Lipinski definition) is 3. The van der Waals surface area contributed by atoms with Crippen molar-refractivity contribution >= 4 is 17.8 Å². The number of rotatable bonds is 7. The predicted molar refractivity (Wildman–Crippen MR) is 82.4 cm³/mol. The molecule has 22 heavy (non-hydrogen) atoms. The summed E-state index contributed by atoms with van der Waals surface area (Å²) in [6, 6.07) is 6.79. The van der Waals surface area contributed by atoms with Crippen molar-refractivity contribution in [2.24, 2.45) is 5.92 Å². The Bertz CT molecular complexity index is 530. The lowest BCUT2D eigenvalue weighted by molar-refractivity contribution is -0.141. The smallest absolute Gasteiger partial charge is 0.325 e. The number of benzene rings is 1. The van der Waals surface area contributed by atoms with E-state index in [0.717, 1.165) is 0 Å². The van der Waals surface area contributed by atoms with E-state index in [4.69, 9.17) is 5.11 Å². The molecule has 120 valence electrons. The number of carboxylic acids is 1. The molecule has 0 spiro atoms. The van der Waals surface area contributed by atoms with E-state index in [9.17, 15) is 14.4 Å². The standard InChI is InChI=1S/C16H22N2O4/c1-4-10(2)13(15(20)17-11(3)16(21)22)18-14(19)12-8-6-5-7-9-12/h5-11,13H,4H2,1-3H3,(H,17,20)(H,18,19)(H,21,22). The number of carbonyl (C=O) groups excluding carboxylic acids is 2. The van der Waals surface area contributed by atoms with Gasteiger partial charge in [0.2, 0.25) is 5.91 Å². The molecule has 0 fully saturated rings. The Morgan fingerprint density at radius 3 is 2.18 bits per heavy atom. The maximum absolute atomic E-state index is 12.2. The predicted octanol–water partition coefficient (Wildman–Crippen LogP) is 1.42. The van der Waals surface area contributed by atoms with Crippen molar-refractivity contribution < 1.29 is 19.5 Å². The topological polar surface area (TPSA) is 95.5 Å². The van der Waals surface area contributed by atoms with Gasteiger partial charge in [0, 0.05) is 5.56 Å². The Kier molecular flexibility index (Phi) is 6.56. The van der Waals surface area contributed by atoms with Crippen molar-refractivity contribution in [2.75, 3.05) is 0 Å². The first kappa shape index (κ1) is 17.7. The van der Waals surface area contributed by atoms with E-state index < -0.39 is 24.0 Å². The Hall–Kier alpha value is -2.37. The summed E-state index contributed by atoms with van der Waals surface area (Å²) in [6.45, 7) is 5.12. The third kappa shape index (κ3) is 4.87. The van der Waals surface area contributed by atoms with Gasteiger partial charge in [0.05, 0.1) is 0 Å². The van der Waals surface area contributed by atoms with Crippen molar-refractivity contribution in [3.8, 4) is 0 Å². The number of amides is 2. The number of carbonyl (C=O) groups is 3. The molecule has 3 unspecified atom stereocenters. The molecule has 0 aliphatic rings. The quantitative estimate of drug-likeness (QED) is 0.710. The summed E-state index contributed by atoms with van der Waals surface area (Å²) in [4.78, 5) is 35.3. The first-order chi connectivity index (χ1) is 10.4. The molecule has 3 N–H and O–H groups in total. The molecule has 6 nitrogen and oxygen atoms in total. The van der Waals surface area contributed by atoms with Gasteiger partial charge in [-0.05, 0) is 25.0 Å². The lowest BCUT2D eigenvalue weighted by atomic mass is 9.97. The Labute approximate surface area is 129 Å². The van der Waals surface area contributed by atoms with Gasteiger partial charge in [0.1, 0.15) is 12.1 Å². The van der Waals surface area contributed by atoms with Crippen LogP contribution in [-0.2, 0) is 9.59 Å². The number of hydrogen-bond acceptors (Lipinski definition) is 3. The summed E-state index contributed by atoms with van der Waals surface area (Å²) < 4.78 is 0.